The number of benzene rings is 3. The minimum atomic E-state index is -0.00263. The van der Waals surface area contributed by atoms with E-state index in [4.69, 9.17) is 4.74 Å². The van der Waals surface area contributed by atoms with Crippen LogP contribution in [-0.4, -0.2) is 17.9 Å². The molecular formula is C24H25NO2. The number of hydrogen-bond donors (Lipinski definition) is 0. The molecule has 3 aromatic rings. The first-order valence-electron chi connectivity index (χ1n) is 9.18. The lowest BCUT2D eigenvalue weighted by atomic mass is 10.0. The maximum atomic E-state index is 13.2. The third kappa shape index (κ3) is 4.98. The molecule has 0 aromatic heterocycles. The van der Waals surface area contributed by atoms with Crippen molar-refractivity contribution >= 4 is 5.91 Å². The highest BCUT2D eigenvalue weighted by atomic mass is 16.5. The van der Waals surface area contributed by atoms with Crippen LogP contribution in [0, 0.1) is 0 Å². The zero-order valence-corrected chi connectivity index (χ0v) is 15.8. The Morgan fingerprint density at radius 1 is 0.852 bits per heavy atom. The summed E-state index contributed by atoms with van der Waals surface area (Å²) in [7, 11) is 1.64. The fraction of sp³-hybridized carbons (Fsp3) is 0.208. The van der Waals surface area contributed by atoms with Gasteiger partial charge in [-0.2, -0.15) is 0 Å². The van der Waals surface area contributed by atoms with E-state index in [0.29, 0.717) is 13.0 Å². The van der Waals surface area contributed by atoms with E-state index in [2.05, 4.69) is 31.2 Å². The molecule has 0 N–H and O–H groups in total. The fourth-order valence-corrected chi connectivity index (χ4v) is 3.15. The Labute approximate surface area is 161 Å². The maximum Gasteiger partial charge on any atom is 0.227 e. The summed E-state index contributed by atoms with van der Waals surface area (Å²) in [6.07, 6.45) is 0.369. The minimum absolute atomic E-state index is 0.00263. The third-order valence-corrected chi connectivity index (χ3v) is 4.78. The van der Waals surface area contributed by atoms with E-state index in [1.165, 1.54) is 0 Å². The standard InChI is InChI=1S/C24H25NO2/c1-19(22-11-7-4-8-12-22)25(18-21-9-5-3-6-10-21)24(26)17-20-13-15-23(27-2)16-14-20/h3-16,19H,17-18H2,1-2H3. The molecule has 0 aliphatic heterocycles. The van der Waals surface area contributed by atoms with Crippen molar-refractivity contribution < 1.29 is 9.53 Å². The van der Waals surface area contributed by atoms with Crippen LogP contribution in [0.25, 0.3) is 0 Å². The molecule has 0 fully saturated rings. The smallest absolute Gasteiger partial charge is 0.227 e. The number of amides is 1. The highest BCUT2D eigenvalue weighted by Gasteiger charge is 2.22. The molecule has 0 saturated carbocycles. The normalized spacial score (nSPS) is 11.6. The number of methoxy groups -OCH3 is 1. The van der Waals surface area contributed by atoms with Gasteiger partial charge in [-0.25, -0.2) is 0 Å². The van der Waals surface area contributed by atoms with Crippen LogP contribution in [0.1, 0.15) is 29.7 Å². The molecule has 3 nitrogen and oxygen atoms in total. The average molecular weight is 359 g/mol. The zero-order chi connectivity index (χ0) is 19.1. The SMILES string of the molecule is COc1ccc(CC(=O)N(Cc2ccccc2)C(C)c2ccccc2)cc1. The first kappa shape index (κ1) is 18.7. The van der Waals surface area contributed by atoms with E-state index in [0.717, 1.165) is 22.4 Å². The van der Waals surface area contributed by atoms with Gasteiger partial charge in [0.05, 0.1) is 19.6 Å². The lowest BCUT2D eigenvalue weighted by Crippen LogP contribution is -2.34. The second kappa shape index (κ2) is 9.04. The van der Waals surface area contributed by atoms with E-state index >= 15 is 0 Å². The van der Waals surface area contributed by atoms with Gasteiger partial charge in [0.1, 0.15) is 5.75 Å². The largest absolute Gasteiger partial charge is 0.497 e. The van der Waals surface area contributed by atoms with Crippen molar-refractivity contribution in [2.24, 2.45) is 0 Å². The monoisotopic (exact) mass is 359 g/mol. The number of hydrogen-bond acceptors (Lipinski definition) is 2. The van der Waals surface area contributed by atoms with Crippen molar-refractivity contribution in [3.05, 3.63) is 102 Å². The summed E-state index contributed by atoms with van der Waals surface area (Å²) in [6, 6.07) is 28.0. The number of nitrogens with zero attached hydrogens (tertiary/aromatic N) is 1. The van der Waals surface area contributed by atoms with Gasteiger partial charge in [0, 0.05) is 6.54 Å². The minimum Gasteiger partial charge on any atom is -0.497 e. The summed E-state index contributed by atoms with van der Waals surface area (Å²) < 4.78 is 5.20. The van der Waals surface area contributed by atoms with Gasteiger partial charge >= 0.3 is 0 Å². The second-order valence-electron chi connectivity index (χ2n) is 6.62. The predicted octanol–water partition coefficient (Wildman–Crippen LogP) is 5.03. The summed E-state index contributed by atoms with van der Waals surface area (Å²) in [6.45, 7) is 2.68. The van der Waals surface area contributed by atoms with E-state index in [9.17, 15) is 4.79 Å². The van der Waals surface area contributed by atoms with Gasteiger partial charge in [-0.3, -0.25) is 4.79 Å². The lowest BCUT2D eigenvalue weighted by Gasteiger charge is -2.30. The maximum absolute atomic E-state index is 13.2. The number of carbonyl (C=O) groups is 1. The average Bonchev–Trinajstić information content (AvgIpc) is 2.73. The van der Waals surface area contributed by atoms with Gasteiger partial charge in [0.25, 0.3) is 0 Å². The van der Waals surface area contributed by atoms with Gasteiger partial charge in [-0.15, -0.1) is 0 Å². The predicted molar refractivity (Wildman–Crippen MR) is 109 cm³/mol. The highest BCUT2D eigenvalue weighted by molar-refractivity contribution is 5.79. The molecule has 1 amide bonds. The summed E-state index contributed by atoms with van der Waals surface area (Å²) in [5.41, 5.74) is 3.25. The summed E-state index contributed by atoms with van der Waals surface area (Å²) in [5, 5.41) is 0. The van der Waals surface area contributed by atoms with Gasteiger partial charge in [-0.05, 0) is 35.7 Å². The van der Waals surface area contributed by atoms with E-state index in [-0.39, 0.29) is 11.9 Å². The summed E-state index contributed by atoms with van der Waals surface area (Å²) in [4.78, 5) is 15.1. The molecule has 3 heteroatoms. The first-order chi connectivity index (χ1) is 13.2. The quantitative estimate of drug-likeness (QED) is 0.592. The molecule has 0 radical (unpaired) electrons. The third-order valence-electron chi connectivity index (χ3n) is 4.78. The summed E-state index contributed by atoms with van der Waals surface area (Å²) >= 11 is 0. The van der Waals surface area contributed by atoms with Crippen LogP contribution in [0.4, 0.5) is 0 Å². The molecular weight excluding hydrogens is 334 g/mol. The first-order valence-corrected chi connectivity index (χ1v) is 9.18. The summed E-state index contributed by atoms with van der Waals surface area (Å²) in [5.74, 6) is 0.908. The molecule has 0 aliphatic rings. The van der Waals surface area contributed by atoms with Crippen LogP contribution in [-0.2, 0) is 17.8 Å². The van der Waals surface area contributed by atoms with Gasteiger partial charge in [0.2, 0.25) is 5.91 Å². The topological polar surface area (TPSA) is 29.5 Å². The molecule has 0 aliphatic carbocycles. The Balaban J connectivity index is 1.82. The van der Waals surface area contributed by atoms with Crippen LogP contribution < -0.4 is 4.74 Å². The zero-order valence-electron chi connectivity index (χ0n) is 15.8. The van der Waals surface area contributed by atoms with Crippen LogP contribution in [0.2, 0.25) is 0 Å². The Kier molecular flexibility index (Phi) is 6.26. The van der Waals surface area contributed by atoms with Crippen molar-refractivity contribution in [1.29, 1.82) is 0 Å². The second-order valence-corrected chi connectivity index (χ2v) is 6.62. The van der Waals surface area contributed by atoms with Gasteiger partial charge in [-0.1, -0.05) is 72.8 Å². The van der Waals surface area contributed by atoms with Crippen molar-refractivity contribution in [1.82, 2.24) is 4.90 Å². The molecule has 1 atom stereocenters. The van der Waals surface area contributed by atoms with E-state index < -0.39 is 0 Å². The van der Waals surface area contributed by atoms with Gasteiger partial charge in [0.15, 0.2) is 0 Å². The Morgan fingerprint density at radius 2 is 1.44 bits per heavy atom. The van der Waals surface area contributed by atoms with Crippen LogP contribution >= 0.6 is 0 Å². The van der Waals surface area contributed by atoms with E-state index in [1.54, 1.807) is 7.11 Å². The molecule has 0 heterocycles. The van der Waals surface area contributed by atoms with Crippen LogP contribution in [0.3, 0.4) is 0 Å². The number of ether oxygens (including phenoxy) is 1. The number of carbonyl (C=O) groups excluding carboxylic acids is 1. The molecule has 3 rings (SSSR count). The Bertz CT molecular complexity index is 845. The van der Waals surface area contributed by atoms with Crippen molar-refractivity contribution in [3.63, 3.8) is 0 Å². The van der Waals surface area contributed by atoms with Crippen molar-refractivity contribution in [2.45, 2.75) is 25.9 Å². The Hall–Kier alpha value is -3.07. The highest BCUT2D eigenvalue weighted by Crippen LogP contribution is 2.24. The fourth-order valence-electron chi connectivity index (χ4n) is 3.15. The van der Waals surface area contributed by atoms with Crippen molar-refractivity contribution in [3.8, 4) is 5.75 Å². The molecule has 0 saturated heterocycles. The molecule has 27 heavy (non-hydrogen) atoms. The van der Waals surface area contributed by atoms with Crippen molar-refractivity contribution in [2.75, 3.05) is 7.11 Å². The molecule has 138 valence electrons. The Morgan fingerprint density at radius 3 is 2.04 bits per heavy atom. The molecule has 3 aromatic carbocycles. The van der Waals surface area contributed by atoms with Crippen LogP contribution in [0.15, 0.2) is 84.9 Å². The molecule has 0 spiro atoms. The van der Waals surface area contributed by atoms with Crippen LogP contribution in [0.5, 0.6) is 5.75 Å². The van der Waals surface area contributed by atoms with E-state index in [1.807, 2.05) is 65.6 Å². The molecule has 1 unspecified atom stereocenters. The number of rotatable bonds is 7. The lowest BCUT2D eigenvalue weighted by molar-refractivity contribution is -0.133. The van der Waals surface area contributed by atoms with Gasteiger partial charge < -0.3 is 9.64 Å². The molecule has 0 bridgehead atoms.